The lowest BCUT2D eigenvalue weighted by Gasteiger charge is -2.24. The van der Waals surface area contributed by atoms with E-state index < -0.39 is 0 Å². The smallest absolute Gasteiger partial charge is 0.241 e. The summed E-state index contributed by atoms with van der Waals surface area (Å²) in [6.45, 7) is 2.51. The van der Waals surface area contributed by atoms with Crippen molar-refractivity contribution in [3.63, 3.8) is 0 Å². The lowest BCUT2D eigenvalue weighted by Crippen LogP contribution is -2.39. The van der Waals surface area contributed by atoms with Crippen molar-refractivity contribution in [2.24, 2.45) is 5.92 Å². The van der Waals surface area contributed by atoms with Gasteiger partial charge in [0.1, 0.15) is 0 Å². The van der Waals surface area contributed by atoms with Crippen molar-refractivity contribution < 1.29 is 14.3 Å². The van der Waals surface area contributed by atoms with Crippen LogP contribution in [0.2, 0.25) is 0 Å². The van der Waals surface area contributed by atoms with Crippen LogP contribution in [-0.2, 0) is 4.79 Å². The average Bonchev–Trinajstić information content (AvgIpc) is 3.00. The summed E-state index contributed by atoms with van der Waals surface area (Å²) in [4.78, 5) is 12.5. The summed E-state index contributed by atoms with van der Waals surface area (Å²) < 4.78 is 10.8. The fourth-order valence-corrected chi connectivity index (χ4v) is 3.77. The Balaban J connectivity index is 0.00000208. The standard InChI is InChI=1S/C18H26N2O3.ClH/c1-3-23-16-9-8-13(11-17(16)22-2)19-18(21)15-10-12-6-4-5-7-14(12)20-15;/h8-9,11-12,14-15,20H,3-7,10H2,1-2H3,(H,19,21);1H. The van der Waals surface area contributed by atoms with Crippen LogP contribution in [0.1, 0.15) is 39.0 Å². The maximum atomic E-state index is 12.5. The van der Waals surface area contributed by atoms with E-state index >= 15 is 0 Å². The number of carbonyl (C=O) groups excluding carboxylic acids is 1. The number of rotatable bonds is 5. The summed E-state index contributed by atoms with van der Waals surface area (Å²) in [5.74, 6) is 2.04. The summed E-state index contributed by atoms with van der Waals surface area (Å²) >= 11 is 0. The van der Waals surface area contributed by atoms with Crippen molar-refractivity contribution in [1.82, 2.24) is 5.32 Å². The predicted octanol–water partition coefficient (Wildman–Crippen LogP) is 3.37. The first kappa shape index (κ1) is 18.9. The molecule has 2 aliphatic rings. The van der Waals surface area contributed by atoms with Crippen molar-refractivity contribution in [1.29, 1.82) is 0 Å². The Morgan fingerprint density at radius 2 is 2.08 bits per heavy atom. The fraction of sp³-hybridized carbons (Fsp3) is 0.611. The molecule has 0 spiro atoms. The maximum absolute atomic E-state index is 12.5. The van der Waals surface area contributed by atoms with Crippen molar-refractivity contribution in [2.45, 2.75) is 51.1 Å². The minimum Gasteiger partial charge on any atom is -0.493 e. The fourth-order valence-electron chi connectivity index (χ4n) is 3.77. The van der Waals surface area contributed by atoms with Gasteiger partial charge in [-0.1, -0.05) is 12.8 Å². The molecule has 2 fully saturated rings. The number of amides is 1. The van der Waals surface area contributed by atoms with Gasteiger partial charge in [-0.05, 0) is 44.2 Å². The van der Waals surface area contributed by atoms with Gasteiger partial charge in [-0.3, -0.25) is 4.79 Å². The van der Waals surface area contributed by atoms with Crippen molar-refractivity contribution in [3.8, 4) is 11.5 Å². The van der Waals surface area contributed by atoms with Gasteiger partial charge in [-0.2, -0.15) is 0 Å². The number of ether oxygens (including phenoxy) is 2. The van der Waals surface area contributed by atoms with E-state index in [9.17, 15) is 4.79 Å². The minimum atomic E-state index is -0.0827. The van der Waals surface area contributed by atoms with Gasteiger partial charge in [-0.25, -0.2) is 0 Å². The van der Waals surface area contributed by atoms with Crippen LogP contribution in [0.25, 0.3) is 0 Å². The Bertz CT molecular complexity index is 553. The number of methoxy groups -OCH3 is 1. The Morgan fingerprint density at radius 1 is 1.29 bits per heavy atom. The molecule has 3 rings (SSSR count). The molecule has 1 aliphatic carbocycles. The molecular formula is C18H27ClN2O3. The second kappa shape index (κ2) is 8.58. The molecule has 3 unspecified atom stereocenters. The van der Waals surface area contributed by atoms with Crippen LogP contribution in [0.3, 0.4) is 0 Å². The highest BCUT2D eigenvalue weighted by Gasteiger charge is 2.38. The van der Waals surface area contributed by atoms with Crippen LogP contribution in [0, 0.1) is 5.92 Å². The van der Waals surface area contributed by atoms with Crippen LogP contribution in [0.15, 0.2) is 18.2 Å². The van der Waals surface area contributed by atoms with Gasteiger partial charge in [0.2, 0.25) is 5.91 Å². The third-order valence-electron chi connectivity index (χ3n) is 4.91. The zero-order valence-corrected chi connectivity index (χ0v) is 15.2. The predicted molar refractivity (Wildman–Crippen MR) is 97.3 cm³/mol. The van der Waals surface area contributed by atoms with Crippen LogP contribution in [0.4, 0.5) is 5.69 Å². The molecule has 5 nitrogen and oxygen atoms in total. The molecule has 1 aliphatic heterocycles. The molecule has 1 saturated carbocycles. The largest absolute Gasteiger partial charge is 0.493 e. The summed E-state index contributed by atoms with van der Waals surface area (Å²) in [5, 5.41) is 6.51. The van der Waals surface area contributed by atoms with Crippen molar-refractivity contribution in [2.75, 3.05) is 19.0 Å². The first-order chi connectivity index (χ1) is 11.2. The first-order valence-electron chi connectivity index (χ1n) is 8.59. The van der Waals surface area contributed by atoms with E-state index in [-0.39, 0.29) is 24.4 Å². The number of carbonyl (C=O) groups is 1. The molecule has 0 aromatic heterocycles. The molecule has 0 bridgehead atoms. The van der Waals surface area contributed by atoms with E-state index in [2.05, 4.69) is 10.6 Å². The van der Waals surface area contributed by atoms with E-state index in [4.69, 9.17) is 9.47 Å². The van der Waals surface area contributed by atoms with E-state index in [1.807, 2.05) is 25.1 Å². The second-order valence-electron chi connectivity index (χ2n) is 6.39. The molecule has 24 heavy (non-hydrogen) atoms. The number of benzene rings is 1. The third-order valence-corrected chi connectivity index (χ3v) is 4.91. The summed E-state index contributed by atoms with van der Waals surface area (Å²) in [6, 6.07) is 5.94. The number of fused-ring (bicyclic) bond motifs is 1. The number of nitrogens with one attached hydrogen (secondary N) is 2. The third kappa shape index (κ3) is 4.14. The number of hydrogen-bond acceptors (Lipinski definition) is 4. The molecule has 2 N–H and O–H groups in total. The Hall–Kier alpha value is -1.46. The van der Waals surface area contributed by atoms with Crippen LogP contribution in [-0.4, -0.2) is 31.7 Å². The number of halogens is 1. The Kier molecular flexibility index (Phi) is 6.75. The van der Waals surface area contributed by atoms with Gasteiger partial charge < -0.3 is 20.1 Å². The molecule has 3 atom stereocenters. The zero-order valence-electron chi connectivity index (χ0n) is 14.3. The highest BCUT2D eigenvalue weighted by atomic mass is 35.5. The highest BCUT2D eigenvalue weighted by Crippen LogP contribution is 2.34. The molecule has 6 heteroatoms. The topological polar surface area (TPSA) is 59.6 Å². The van der Waals surface area contributed by atoms with Gasteiger partial charge in [0.15, 0.2) is 11.5 Å². The summed E-state index contributed by atoms with van der Waals surface area (Å²) in [5.41, 5.74) is 0.743. The molecule has 134 valence electrons. The zero-order chi connectivity index (χ0) is 16.2. The SMILES string of the molecule is CCOc1ccc(NC(=O)C2CC3CCCCC3N2)cc1OC.Cl. The minimum absolute atomic E-state index is 0. The molecule has 1 heterocycles. The second-order valence-corrected chi connectivity index (χ2v) is 6.39. The lowest BCUT2D eigenvalue weighted by atomic mass is 9.85. The van der Waals surface area contributed by atoms with Gasteiger partial charge >= 0.3 is 0 Å². The van der Waals surface area contributed by atoms with E-state index in [0.717, 1.165) is 12.1 Å². The monoisotopic (exact) mass is 354 g/mol. The van der Waals surface area contributed by atoms with Gasteiger partial charge in [0.05, 0.1) is 19.8 Å². The summed E-state index contributed by atoms with van der Waals surface area (Å²) in [6.07, 6.45) is 5.97. The lowest BCUT2D eigenvalue weighted by molar-refractivity contribution is -0.117. The first-order valence-corrected chi connectivity index (χ1v) is 8.59. The Labute approximate surface area is 149 Å². The van der Waals surface area contributed by atoms with Crippen LogP contribution in [0.5, 0.6) is 11.5 Å². The normalized spacial score (nSPS) is 25.3. The molecule has 1 aromatic rings. The average molecular weight is 355 g/mol. The Morgan fingerprint density at radius 3 is 2.79 bits per heavy atom. The molecule has 1 saturated heterocycles. The van der Waals surface area contributed by atoms with Crippen molar-refractivity contribution in [3.05, 3.63) is 18.2 Å². The molecule has 1 aromatic carbocycles. The van der Waals surface area contributed by atoms with E-state index in [1.54, 1.807) is 7.11 Å². The van der Waals surface area contributed by atoms with Crippen molar-refractivity contribution >= 4 is 24.0 Å². The van der Waals surface area contributed by atoms with E-state index in [1.165, 1.54) is 25.7 Å². The quantitative estimate of drug-likeness (QED) is 0.851. The van der Waals surface area contributed by atoms with Gasteiger partial charge in [0.25, 0.3) is 0 Å². The maximum Gasteiger partial charge on any atom is 0.241 e. The number of hydrogen-bond donors (Lipinski definition) is 2. The molecule has 1 amide bonds. The van der Waals surface area contributed by atoms with Gasteiger partial charge in [-0.15, -0.1) is 12.4 Å². The molecule has 0 radical (unpaired) electrons. The van der Waals surface area contributed by atoms with Crippen LogP contribution >= 0.6 is 12.4 Å². The van der Waals surface area contributed by atoms with Crippen LogP contribution < -0.4 is 20.1 Å². The highest BCUT2D eigenvalue weighted by molar-refractivity contribution is 5.95. The van der Waals surface area contributed by atoms with E-state index in [0.29, 0.717) is 30.1 Å². The van der Waals surface area contributed by atoms with Gasteiger partial charge in [0, 0.05) is 17.8 Å². The molecular weight excluding hydrogens is 328 g/mol. The summed E-state index contributed by atoms with van der Waals surface area (Å²) in [7, 11) is 1.60. The number of anilines is 1.